The van der Waals surface area contributed by atoms with Crippen molar-refractivity contribution in [1.29, 1.82) is 0 Å². The van der Waals surface area contributed by atoms with Gasteiger partial charge in [0.2, 0.25) is 0 Å². The molecule has 0 amide bonds. The fraction of sp³-hybridized carbons (Fsp3) is 0.500. The van der Waals surface area contributed by atoms with Crippen LogP contribution in [0.4, 0.5) is 0 Å². The molecular weight excluding hydrogens is 344 g/mol. The maximum Gasteiger partial charge on any atom is 0.343 e. The second kappa shape index (κ2) is 6.76. The Labute approximate surface area is 168 Å². The summed E-state index contributed by atoms with van der Waals surface area (Å²) < 4.78 is 5.66. The highest BCUT2D eigenvalue weighted by molar-refractivity contribution is 5.91. The summed E-state index contributed by atoms with van der Waals surface area (Å²) in [7, 11) is 0. The zero-order chi connectivity index (χ0) is 19.3. The molecule has 2 heteroatoms. The molecule has 5 atom stereocenters. The van der Waals surface area contributed by atoms with Crippen LogP contribution < -0.4 is 4.74 Å². The first-order valence-corrected chi connectivity index (χ1v) is 11.0. The van der Waals surface area contributed by atoms with Crippen molar-refractivity contribution in [2.75, 3.05) is 0 Å². The smallest absolute Gasteiger partial charge is 0.343 e. The highest BCUT2D eigenvalue weighted by atomic mass is 16.5. The molecule has 0 N–H and O–H groups in total. The summed E-state index contributed by atoms with van der Waals surface area (Å²) in [6.07, 6.45) is 7.92. The van der Waals surface area contributed by atoms with Gasteiger partial charge >= 0.3 is 5.97 Å². The molecule has 0 spiro atoms. The molecule has 0 aromatic heterocycles. The third-order valence-corrected chi connectivity index (χ3v) is 8.39. The van der Waals surface area contributed by atoms with E-state index in [1.54, 1.807) is 12.1 Å². The van der Waals surface area contributed by atoms with E-state index in [2.05, 4.69) is 26.0 Å². The van der Waals surface area contributed by atoms with E-state index in [-0.39, 0.29) is 5.97 Å². The molecule has 0 radical (unpaired) electrons. The van der Waals surface area contributed by atoms with E-state index >= 15 is 0 Å². The Morgan fingerprint density at radius 3 is 2.68 bits per heavy atom. The molecule has 3 aliphatic rings. The van der Waals surface area contributed by atoms with Crippen molar-refractivity contribution in [1.82, 2.24) is 0 Å². The number of ether oxygens (including phenoxy) is 1. The van der Waals surface area contributed by atoms with Crippen LogP contribution in [0.25, 0.3) is 0 Å². The fourth-order valence-electron chi connectivity index (χ4n) is 6.63. The predicted octanol–water partition coefficient (Wildman–Crippen LogP) is 6.40. The van der Waals surface area contributed by atoms with Gasteiger partial charge in [-0.05, 0) is 103 Å². The summed E-state index contributed by atoms with van der Waals surface area (Å²) in [5.74, 6) is 3.72. The van der Waals surface area contributed by atoms with Crippen LogP contribution in [0.15, 0.2) is 48.5 Å². The number of benzene rings is 2. The van der Waals surface area contributed by atoms with Crippen molar-refractivity contribution >= 4 is 5.97 Å². The molecule has 5 unspecified atom stereocenters. The van der Waals surface area contributed by atoms with Gasteiger partial charge in [-0.25, -0.2) is 4.79 Å². The molecule has 2 fully saturated rings. The molecule has 146 valence electrons. The van der Waals surface area contributed by atoms with Crippen molar-refractivity contribution in [2.45, 2.75) is 58.3 Å². The van der Waals surface area contributed by atoms with E-state index < -0.39 is 0 Å². The molecule has 2 saturated carbocycles. The largest absolute Gasteiger partial charge is 0.423 e. The summed E-state index contributed by atoms with van der Waals surface area (Å²) in [5, 5.41) is 0. The van der Waals surface area contributed by atoms with E-state index in [0.29, 0.717) is 22.6 Å². The lowest BCUT2D eigenvalue weighted by molar-refractivity contribution is 0.0336. The number of hydrogen-bond acceptors (Lipinski definition) is 2. The fourth-order valence-corrected chi connectivity index (χ4v) is 6.63. The highest BCUT2D eigenvalue weighted by Gasteiger charge is 2.53. The van der Waals surface area contributed by atoms with Gasteiger partial charge in [-0.2, -0.15) is 0 Å². The Morgan fingerprint density at radius 1 is 1.04 bits per heavy atom. The van der Waals surface area contributed by atoms with Crippen molar-refractivity contribution < 1.29 is 9.53 Å². The highest BCUT2D eigenvalue weighted by Crippen LogP contribution is 2.62. The topological polar surface area (TPSA) is 26.3 Å². The Morgan fingerprint density at radius 2 is 1.86 bits per heavy atom. The van der Waals surface area contributed by atoms with Crippen molar-refractivity contribution in [3.8, 4) is 5.75 Å². The molecule has 3 aliphatic carbocycles. The van der Waals surface area contributed by atoms with Crippen LogP contribution >= 0.6 is 0 Å². The van der Waals surface area contributed by atoms with Crippen molar-refractivity contribution in [2.24, 2.45) is 23.2 Å². The summed E-state index contributed by atoms with van der Waals surface area (Å²) in [6.45, 7) is 5.04. The first-order chi connectivity index (χ1) is 13.6. The number of fused-ring (bicyclic) bond motifs is 5. The quantitative estimate of drug-likeness (QED) is 0.449. The lowest BCUT2D eigenvalue weighted by Crippen LogP contribution is -2.41. The molecule has 28 heavy (non-hydrogen) atoms. The van der Waals surface area contributed by atoms with Gasteiger partial charge in [0.05, 0.1) is 5.56 Å². The van der Waals surface area contributed by atoms with Crippen LogP contribution in [0.5, 0.6) is 5.75 Å². The number of aryl methyl sites for hydroxylation is 1. The summed E-state index contributed by atoms with van der Waals surface area (Å²) in [6, 6.07) is 15.6. The second-order valence-corrected chi connectivity index (χ2v) is 9.55. The molecule has 0 aliphatic heterocycles. The Balaban J connectivity index is 1.37. The van der Waals surface area contributed by atoms with Gasteiger partial charge < -0.3 is 4.74 Å². The zero-order valence-electron chi connectivity index (χ0n) is 17.0. The lowest BCUT2D eigenvalue weighted by atomic mass is 9.54. The number of carbonyl (C=O) groups excluding carboxylic acids is 1. The third-order valence-electron chi connectivity index (χ3n) is 8.39. The van der Waals surface area contributed by atoms with Crippen LogP contribution in [-0.2, 0) is 6.42 Å². The summed E-state index contributed by atoms with van der Waals surface area (Å²) >= 11 is 0. The van der Waals surface area contributed by atoms with Gasteiger partial charge in [-0.1, -0.05) is 38.1 Å². The summed E-state index contributed by atoms with van der Waals surface area (Å²) in [4.78, 5) is 12.4. The van der Waals surface area contributed by atoms with Crippen molar-refractivity contribution in [3.05, 3.63) is 65.2 Å². The lowest BCUT2D eigenvalue weighted by Gasteiger charge is -2.50. The van der Waals surface area contributed by atoms with E-state index in [9.17, 15) is 4.79 Å². The van der Waals surface area contributed by atoms with Gasteiger partial charge in [0, 0.05) is 0 Å². The molecule has 0 bridgehead atoms. The molecule has 2 nitrogen and oxygen atoms in total. The summed E-state index contributed by atoms with van der Waals surface area (Å²) in [5.41, 5.74) is 4.08. The Kier molecular flexibility index (Phi) is 4.34. The average molecular weight is 375 g/mol. The van der Waals surface area contributed by atoms with Gasteiger partial charge in [0.25, 0.3) is 0 Å². The van der Waals surface area contributed by atoms with Crippen molar-refractivity contribution in [3.63, 3.8) is 0 Å². The minimum absolute atomic E-state index is 0.275. The zero-order valence-corrected chi connectivity index (χ0v) is 17.0. The van der Waals surface area contributed by atoms with Crippen LogP contribution in [-0.4, -0.2) is 5.97 Å². The molecule has 2 aromatic rings. The van der Waals surface area contributed by atoms with E-state index in [1.165, 1.54) is 43.2 Å². The predicted molar refractivity (Wildman–Crippen MR) is 112 cm³/mol. The molecule has 2 aromatic carbocycles. The van der Waals surface area contributed by atoms with Gasteiger partial charge in [-0.3, -0.25) is 0 Å². The normalized spacial score (nSPS) is 33.5. The SMILES string of the molecule is CC1CCC2C3CCc4cc(OC(=O)c5ccccc5)ccc4C3CCC12C. The molecule has 0 heterocycles. The minimum Gasteiger partial charge on any atom is -0.423 e. The third kappa shape index (κ3) is 2.80. The van der Waals surface area contributed by atoms with E-state index in [0.717, 1.165) is 24.2 Å². The first-order valence-electron chi connectivity index (χ1n) is 11.0. The number of carbonyl (C=O) groups is 1. The second-order valence-electron chi connectivity index (χ2n) is 9.55. The van der Waals surface area contributed by atoms with Gasteiger partial charge in [-0.15, -0.1) is 0 Å². The monoisotopic (exact) mass is 374 g/mol. The number of esters is 1. The van der Waals surface area contributed by atoms with Crippen LogP contribution in [0.2, 0.25) is 0 Å². The van der Waals surface area contributed by atoms with Crippen LogP contribution in [0, 0.1) is 23.2 Å². The Bertz CT molecular complexity index is 887. The van der Waals surface area contributed by atoms with E-state index in [1.807, 2.05) is 24.3 Å². The maximum absolute atomic E-state index is 12.4. The number of rotatable bonds is 2. The van der Waals surface area contributed by atoms with Gasteiger partial charge in [0.1, 0.15) is 5.75 Å². The standard InChI is InChI=1S/C26H30O2/c1-17-8-13-24-23-11-9-19-16-20(28-25(27)18-6-4-3-5-7-18)10-12-21(19)22(23)14-15-26(17,24)2/h3-7,10,12,16-17,22-24H,8-9,11,13-15H2,1-2H3. The molecule has 0 saturated heterocycles. The first kappa shape index (κ1) is 18.0. The number of hydrogen-bond donors (Lipinski definition) is 0. The minimum atomic E-state index is -0.275. The van der Waals surface area contributed by atoms with Gasteiger partial charge in [0.15, 0.2) is 0 Å². The molecular formula is C26H30O2. The van der Waals surface area contributed by atoms with Crippen LogP contribution in [0.3, 0.4) is 0 Å². The average Bonchev–Trinajstić information content (AvgIpc) is 3.03. The molecule has 5 rings (SSSR count). The Hall–Kier alpha value is -2.09. The maximum atomic E-state index is 12.4. The van der Waals surface area contributed by atoms with E-state index in [4.69, 9.17) is 4.74 Å². The van der Waals surface area contributed by atoms with Crippen LogP contribution in [0.1, 0.15) is 73.4 Å².